The number of ether oxygens (including phenoxy) is 2. The van der Waals surface area contributed by atoms with Crippen LogP contribution in [0.1, 0.15) is 51.5 Å². The molecule has 1 aromatic carbocycles. The molecule has 3 fully saturated rings. The van der Waals surface area contributed by atoms with Gasteiger partial charge in [-0.1, -0.05) is 24.4 Å². The van der Waals surface area contributed by atoms with Crippen molar-refractivity contribution in [2.75, 3.05) is 11.9 Å². The zero-order chi connectivity index (χ0) is 24.5. The fraction of sp³-hybridized carbons (Fsp3) is 0.560. The van der Waals surface area contributed by atoms with Crippen LogP contribution >= 0.6 is 11.6 Å². The molecule has 0 amide bonds. The number of halogens is 2. The van der Waals surface area contributed by atoms with E-state index in [9.17, 15) is 10.2 Å². The average Bonchev–Trinajstić information content (AvgIpc) is 3.52. The highest BCUT2D eigenvalue weighted by atomic mass is 35.5. The van der Waals surface area contributed by atoms with Crippen LogP contribution in [0.25, 0.3) is 11.3 Å². The van der Waals surface area contributed by atoms with E-state index in [1.54, 1.807) is 13.8 Å². The number of hydrogen-bond acceptors (Lipinski definition) is 8. The van der Waals surface area contributed by atoms with Crippen molar-refractivity contribution in [3.8, 4) is 11.3 Å². The number of aliphatic imine (C=N–C) groups is 1. The largest absolute Gasteiger partial charge is 0.388 e. The Kier molecular flexibility index (Phi) is 5.43. The Morgan fingerprint density at radius 1 is 1.26 bits per heavy atom. The maximum atomic E-state index is 15.4. The lowest BCUT2D eigenvalue weighted by Gasteiger charge is -2.33. The van der Waals surface area contributed by atoms with E-state index in [1.807, 2.05) is 6.07 Å². The maximum Gasteiger partial charge on any atom is 0.223 e. The average molecular weight is 503 g/mol. The molecular formula is C25H28ClFN4O4. The van der Waals surface area contributed by atoms with Crippen molar-refractivity contribution in [2.24, 2.45) is 4.99 Å². The quantitative estimate of drug-likeness (QED) is 0.582. The summed E-state index contributed by atoms with van der Waals surface area (Å²) in [5.74, 6) is -0.194. The molecule has 2 saturated heterocycles. The Morgan fingerprint density at radius 3 is 2.77 bits per heavy atom. The Hall–Kier alpha value is -2.17. The van der Waals surface area contributed by atoms with Crippen LogP contribution < -0.4 is 5.32 Å². The second-order valence-corrected chi connectivity index (χ2v) is 10.9. The van der Waals surface area contributed by atoms with Crippen LogP contribution in [0.4, 0.5) is 16.0 Å². The van der Waals surface area contributed by atoms with Gasteiger partial charge in [0.15, 0.2) is 6.29 Å². The van der Waals surface area contributed by atoms with E-state index in [2.05, 4.69) is 20.3 Å². The van der Waals surface area contributed by atoms with Gasteiger partial charge in [0.1, 0.15) is 23.7 Å². The standard InChI is InChI=1S/C25H28ClFN4O4/c1-24(2,33)22-25(5-3-4-6-25)13-7-12(8-15(27)20(13)30-22)19-14(26)10-28-23(31-19)29-16-9-18-34-11-17(35-18)21(16)32/h7-8,10,16-18,21,32-33H,3-6,9,11H2,1-2H3,(H,28,29,31)/t16?,17-,18-,21-/m0/s1. The van der Waals surface area contributed by atoms with E-state index in [-0.39, 0.29) is 29.0 Å². The molecule has 2 bridgehead atoms. The highest BCUT2D eigenvalue weighted by molar-refractivity contribution is 6.33. The summed E-state index contributed by atoms with van der Waals surface area (Å²) in [5, 5.41) is 24.9. The van der Waals surface area contributed by atoms with Crippen LogP contribution in [0.5, 0.6) is 0 Å². The van der Waals surface area contributed by atoms with E-state index < -0.39 is 29.0 Å². The van der Waals surface area contributed by atoms with Crippen LogP contribution in [0.15, 0.2) is 23.3 Å². The van der Waals surface area contributed by atoms with Gasteiger partial charge >= 0.3 is 0 Å². The van der Waals surface area contributed by atoms with Crippen LogP contribution in [0, 0.1) is 5.82 Å². The first kappa shape index (κ1) is 23.2. The van der Waals surface area contributed by atoms with Gasteiger partial charge in [0.05, 0.1) is 40.9 Å². The normalized spacial score (nSPS) is 28.9. The van der Waals surface area contributed by atoms with Crippen molar-refractivity contribution >= 4 is 28.9 Å². The number of nitrogens with one attached hydrogen (secondary N) is 1. The molecule has 4 heterocycles. The predicted molar refractivity (Wildman–Crippen MR) is 129 cm³/mol. The van der Waals surface area contributed by atoms with Gasteiger partial charge in [0.2, 0.25) is 5.95 Å². The third-order valence-corrected chi connectivity index (χ3v) is 7.91. The predicted octanol–water partition coefficient (Wildman–Crippen LogP) is 3.89. The lowest BCUT2D eigenvalue weighted by molar-refractivity contribution is -0.123. The number of aliphatic hydroxyl groups is 2. The number of nitrogens with zero attached hydrogens (tertiary/aromatic N) is 3. The molecule has 6 rings (SSSR count). The number of aromatic nitrogens is 2. The van der Waals surface area contributed by atoms with Gasteiger partial charge in [-0.25, -0.2) is 14.4 Å². The summed E-state index contributed by atoms with van der Waals surface area (Å²) in [5.41, 5.74) is 0.943. The number of fused-ring (bicyclic) bond motifs is 4. The summed E-state index contributed by atoms with van der Waals surface area (Å²) < 4.78 is 26.5. The minimum absolute atomic E-state index is 0.277. The maximum absolute atomic E-state index is 15.4. The van der Waals surface area contributed by atoms with Crippen molar-refractivity contribution in [1.29, 1.82) is 0 Å². The highest BCUT2D eigenvalue weighted by Crippen LogP contribution is 2.54. The molecule has 4 atom stereocenters. The molecule has 35 heavy (non-hydrogen) atoms. The lowest BCUT2D eigenvalue weighted by atomic mass is 9.71. The van der Waals surface area contributed by atoms with Gasteiger partial charge in [0, 0.05) is 17.4 Å². The Balaban J connectivity index is 1.37. The third kappa shape index (κ3) is 3.76. The number of anilines is 1. The molecule has 1 aromatic heterocycles. The van der Waals surface area contributed by atoms with Crippen molar-refractivity contribution in [1.82, 2.24) is 9.97 Å². The molecular weight excluding hydrogens is 475 g/mol. The molecule has 10 heteroatoms. The molecule has 8 nitrogen and oxygen atoms in total. The first-order chi connectivity index (χ1) is 16.7. The van der Waals surface area contributed by atoms with E-state index in [4.69, 9.17) is 21.1 Å². The number of aliphatic hydroxyl groups excluding tert-OH is 1. The zero-order valence-electron chi connectivity index (χ0n) is 19.6. The Labute approximate surface area is 207 Å². The smallest absolute Gasteiger partial charge is 0.223 e. The van der Waals surface area contributed by atoms with Crippen LogP contribution in [-0.2, 0) is 14.9 Å². The van der Waals surface area contributed by atoms with Crippen molar-refractivity contribution in [3.63, 3.8) is 0 Å². The first-order valence-electron chi connectivity index (χ1n) is 12.1. The van der Waals surface area contributed by atoms with Crippen LogP contribution in [-0.4, -0.2) is 62.6 Å². The summed E-state index contributed by atoms with van der Waals surface area (Å²) >= 11 is 6.48. The molecule has 1 unspecified atom stereocenters. The minimum Gasteiger partial charge on any atom is -0.388 e. The fourth-order valence-electron chi connectivity index (χ4n) is 6.10. The highest BCUT2D eigenvalue weighted by Gasteiger charge is 2.51. The second kappa shape index (κ2) is 8.18. The van der Waals surface area contributed by atoms with Gasteiger partial charge in [-0.2, -0.15) is 0 Å². The monoisotopic (exact) mass is 502 g/mol. The number of hydrogen-bond donors (Lipinski definition) is 3. The van der Waals surface area contributed by atoms with Crippen molar-refractivity contribution in [2.45, 2.75) is 81.5 Å². The molecule has 3 N–H and O–H groups in total. The summed E-state index contributed by atoms with van der Waals surface area (Å²) in [4.78, 5) is 13.5. The summed E-state index contributed by atoms with van der Waals surface area (Å²) in [6.07, 6.45) is 3.98. The topological polar surface area (TPSA) is 109 Å². The molecule has 1 aliphatic carbocycles. The molecule has 1 spiro atoms. The molecule has 2 aromatic rings. The Morgan fingerprint density at radius 2 is 2.03 bits per heavy atom. The van der Waals surface area contributed by atoms with Gasteiger partial charge < -0.3 is 25.0 Å². The summed E-state index contributed by atoms with van der Waals surface area (Å²) in [6.45, 7) is 3.76. The summed E-state index contributed by atoms with van der Waals surface area (Å²) in [7, 11) is 0. The van der Waals surface area contributed by atoms with Gasteiger partial charge in [-0.15, -0.1) is 0 Å². The van der Waals surface area contributed by atoms with Gasteiger partial charge in [-0.3, -0.25) is 4.99 Å². The van der Waals surface area contributed by atoms with E-state index in [0.717, 1.165) is 31.2 Å². The lowest BCUT2D eigenvalue weighted by Crippen LogP contribution is -2.48. The van der Waals surface area contributed by atoms with Gasteiger partial charge in [0.25, 0.3) is 0 Å². The molecule has 4 aliphatic rings. The minimum atomic E-state index is -1.16. The molecule has 1 saturated carbocycles. The Bertz CT molecular complexity index is 1210. The second-order valence-electron chi connectivity index (χ2n) is 10.5. The summed E-state index contributed by atoms with van der Waals surface area (Å²) in [6, 6.07) is 2.94. The number of benzene rings is 1. The SMILES string of the molecule is CC(C)(O)C1=Nc2c(F)cc(-c3nc(NC4C[C@H]5OC[C@H](O5)[C@H]4O)ncc3Cl)cc2C12CCCC2. The van der Waals surface area contributed by atoms with E-state index >= 15 is 4.39 Å². The molecule has 0 radical (unpaired) electrons. The third-order valence-electron chi connectivity index (χ3n) is 7.64. The van der Waals surface area contributed by atoms with Gasteiger partial charge in [-0.05, 0) is 44.4 Å². The zero-order valence-corrected chi connectivity index (χ0v) is 20.3. The molecule has 3 aliphatic heterocycles. The van der Waals surface area contributed by atoms with Crippen LogP contribution in [0.2, 0.25) is 5.02 Å². The molecule has 186 valence electrons. The van der Waals surface area contributed by atoms with E-state index in [0.29, 0.717) is 30.0 Å². The first-order valence-corrected chi connectivity index (χ1v) is 12.4. The van der Waals surface area contributed by atoms with Crippen LogP contribution in [0.3, 0.4) is 0 Å². The van der Waals surface area contributed by atoms with Crippen molar-refractivity contribution in [3.05, 3.63) is 34.7 Å². The van der Waals surface area contributed by atoms with Crippen molar-refractivity contribution < 1.29 is 24.1 Å². The fourth-order valence-corrected chi connectivity index (χ4v) is 6.30. The number of rotatable bonds is 4. The van der Waals surface area contributed by atoms with E-state index in [1.165, 1.54) is 12.3 Å².